The van der Waals surface area contributed by atoms with E-state index in [1.165, 1.54) is 10.3 Å². The fourth-order valence-electron chi connectivity index (χ4n) is 2.11. The van der Waals surface area contributed by atoms with Crippen LogP contribution in [0.5, 0.6) is 0 Å². The van der Waals surface area contributed by atoms with Crippen LogP contribution in [0.3, 0.4) is 0 Å². The van der Waals surface area contributed by atoms with Crippen molar-refractivity contribution in [3.8, 4) is 0 Å². The van der Waals surface area contributed by atoms with Crippen LogP contribution in [0.25, 0.3) is 10.2 Å². The van der Waals surface area contributed by atoms with Crippen LogP contribution in [0, 0.1) is 6.92 Å². The Labute approximate surface area is 119 Å². The summed E-state index contributed by atoms with van der Waals surface area (Å²) in [4.78, 5) is 15.8. The van der Waals surface area contributed by atoms with Gasteiger partial charge in [0.25, 0.3) is 0 Å². The lowest BCUT2D eigenvalue weighted by molar-refractivity contribution is 0.408. The van der Waals surface area contributed by atoms with Gasteiger partial charge in [-0.1, -0.05) is 0 Å². The van der Waals surface area contributed by atoms with Crippen LogP contribution in [0.15, 0.2) is 12.4 Å². The molecule has 2 heterocycles. The third kappa shape index (κ3) is 3.22. The molecule has 19 heavy (non-hydrogen) atoms. The number of likely N-dealkylation sites (N-methyl/N-ethyl adjacent to an activating group) is 1. The molecule has 0 N–H and O–H groups in total. The molecule has 104 valence electrons. The molecule has 2 aromatic heterocycles. The third-order valence-electron chi connectivity index (χ3n) is 3.12. The maximum atomic E-state index is 4.52. The highest BCUT2D eigenvalue weighted by Crippen LogP contribution is 2.30. The van der Waals surface area contributed by atoms with Crippen molar-refractivity contribution in [2.45, 2.75) is 26.8 Å². The maximum Gasteiger partial charge on any atom is 0.141 e. The van der Waals surface area contributed by atoms with Gasteiger partial charge in [-0.05, 0) is 40.9 Å². The van der Waals surface area contributed by atoms with E-state index in [2.05, 4.69) is 60.7 Å². The lowest BCUT2D eigenvalue weighted by atomic mass is 10.2. The number of thiophene rings is 1. The first-order valence-electron chi connectivity index (χ1n) is 6.61. The SMILES string of the molecule is Cc1cc2c(N(CCN(C)C)C(C)C)ncnc2s1. The highest BCUT2D eigenvalue weighted by atomic mass is 32.1. The molecule has 0 saturated heterocycles. The fourth-order valence-corrected chi connectivity index (χ4v) is 2.95. The summed E-state index contributed by atoms with van der Waals surface area (Å²) < 4.78 is 0. The molecular formula is C14H22N4S. The topological polar surface area (TPSA) is 32.3 Å². The Hall–Kier alpha value is -1.20. The highest BCUT2D eigenvalue weighted by molar-refractivity contribution is 7.18. The molecule has 0 fully saturated rings. The summed E-state index contributed by atoms with van der Waals surface area (Å²) in [6.45, 7) is 8.54. The molecule has 0 unspecified atom stereocenters. The molecule has 0 bridgehead atoms. The molecule has 4 nitrogen and oxygen atoms in total. The van der Waals surface area contributed by atoms with Gasteiger partial charge in [0.2, 0.25) is 0 Å². The zero-order chi connectivity index (χ0) is 14.0. The minimum atomic E-state index is 0.429. The average molecular weight is 278 g/mol. The van der Waals surface area contributed by atoms with Crippen molar-refractivity contribution < 1.29 is 0 Å². The van der Waals surface area contributed by atoms with Crippen LogP contribution in [-0.2, 0) is 0 Å². The summed E-state index contributed by atoms with van der Waals surface area (Å²) in [5, 5.41) is 1.18. The van der Waals surface area contributed by atoms with Crippen LogP contribution < -0.4 is 4.90 Å². The van der Waals surface area contributed by atoms with Crippen LogP contribution in [-0.4, -0.2) is 48.1 Å². The van der Waals surface area contributed by atoms with Gasteiger partial charge in [-0.2, -0.15) is 0 Å². The zero-order valence-electron chi connectivity index (χ0n) is 12.3. The summed E-state index contributed by atoms with van der Waals surface area (Å²) in [6, 6.07) is 2.62. The lowest BCUT2D eigenvalue weighted by Crippen LogP contribution is -2.37. The minimum absolute atomic E-state index is 0.429. The number of nitrogens with zero attached hydrogens (tertiary/aromatic N) is 4. The minimum Gasteiger partial charge on any atom is -0.352 e. The van der Waals surface area contributed by atoms with E-state index in [0.29, 0.717) is 6.04 Å². The standard InChI is InChI=1S/C14H22N4S/c1-10(2)18(7-6-17(4)5)13-12-8-11(3)19-14(12)16-9-15-13/h8-10H,6-7H2,1-5H3. The summed E-state index contributed by atoms with van der Waals surface area (Å²) in [5.41, 5.74) is 0. The van der Waals surface area contributed by atoms with E-state index in [0.717, 1.165) is 23.7 Å². The molecule has 2 rings (SSSR count). The molecule has 2 aromatic rings. The van der Waals surface area contributed by atoms with E-state index in [4.69, 9.17) is 0 Å². The van der Waals surface area contributed by atoms with Crippen molar-refractivity contribution in [2.75, 3.05) is 32.1 Å². The van der Waals surface area contributed by atoms with Crippen molar-refractivity contribution in [3.05, 3.63) is 17.3 Å². The summed E-state index contributed by atoms with van der Waals surface area (Å²) in [7, 11) is 4.20. The maximum absolute atomic E-state index is 4.52. The third-order valence-corrected chi connectivity index (χ3v) is 4.07. The van der Waals surface area contributed by atoms with Crippen LogP contribution in [0.1, 0.15) is 18.7 Å². The number of rotatable bonds is 5. The van der Waals surface area contributed by atoms with Gasteiger partial charge in [-0.25, -0.2) is 9.97 Å². The molecule has 0 spiro atoms. The first-order valence-corrected chi connectivity index (χ1v) is 7.43. The molecule has 0 amide bonds. The predicted molar refractivity (Wildman–Crippen MR) is 83.2 cm³/mol. The first-order chi connectivity index (χ1) is 8.99. The van der Waals surface area contributed by atoms with E-state index in [-0.39, 0.29) is 0 Å². The van der Waals surface area contributed by atoms with Crippen molar-refractivity contribution in [1.29, 1.82) is 0 Å². The van der Waals surface area contributed by atoms with Crippen molar-refractivity contribution >= 4 is 27.4 Å². The van der Waals surface area contributed by atoms with E-state index in [1.807, 2.05) is 0 Å². The van der Waals surface area contributed by atoms with Crippen LogP contribution in [0.4, 0.5) is 5.82 Å². The van der Waals surface area contributed by atoms with E-state index < -0.39 is 0 Å². The average Bonchev–Trinajstić information content (AvgIpc) is 2.69. The zero-order valence-corrected chi connectivity index (χ0v) is 13.2. The monoisotopic (exact) mass is 278 g/mol. The molecule has 0 aromatic carbocycles. The molecule has 0 atom stereocenters. The number of aryl methyl sites for hydroxylation is 1. The fraction of sp³-hybridized carbons (Fsp3) is 0.571. The highest BCUT2D eigenvalue weighted by Gasteiger charge is 2.16. The molecule has 0 aliphatic heterocycles. The van der Waals surface area contributed by atoms with Crippen molar-refractivity contribution in [2.24, 2.45) is 0 Å². The van der Waals surface area contributed by atoms with Gasteiger partial charge in [0.1, 0.15) is 17.0 Å². The Morgan fingerprint density at radius 2 is 1.95 bits per heavy atom. The second kappa shape index (κ2) is 5.84. The van der Waals surface area contributed by atoms with Gasteiger partial charge in [0, 0.05) is 24.0 Å². The van der Waals surface area contributed by atoms with E-state index >= 15 is 0 Å². The van der Waals surface area contributed by atoms with E-state index in [1.54, 1.807) is 17.7 Å². The number of aromatic nitrogens is 2. The molecule has 0 radical (unpaired) electrons. The quantitative estimate of drug-likeness (QED) is 0.842. The summed E-state index contributed by atoms with van der Waals surface area (Å²) in [6.07, 6.45) is 1.68. The smallest absolute Gasteiger partial charge is 0.141 e. The Morgan fingerprint density at radius 1 is 1.21 bits per heavy atom. The summed E-state index contributed by atoms with van der Waals surface area (Å²) >= 11 is 1.73. The second-order valence-electron chi connectivity index (χ2n) is 5.36. The number of hydrogen-bond donors (Lipinski definition) is 0. The lowest BCUT2D eigenvalue weighted by Gasteiger charge is -2.29. The molecule has 0 saturated carbocycles. The van der Waals surface area contributed by atoms with Gasteiger partial charge in [0.15, 0.2) is 0 Å². The predicted octanol–water partition coefficient (Wildman–Crippen LogP) is 2.78. The Morgan fingerprint density at radius 3 is 2.58 bits per heavy atom. The molecule has 5 heteroatoms. The van der Waals surface area contributed by atoms with Crippen molar-refractivity contribution in [1.82, 2.24) is 14.9 Å². The van der Waals surface area contributed by atoms with Gasteiger partial charge < -0.3 is 9.80 Å². The van der Waals surface area contributed by atoms with Crippen LogP contribution >= 0.6 is 11.3 Å². The number of anilines is 1. The molecule has 0 aliphatic rings. The largest absolute Gasteiger partial charge is 0.352 e. The van der Waals surface area contributed by atoms with Gasteiger partial charge in [0.05, 0.1) is 5.39 Å². The Bertz CT molecular complexity index is 547. The van der Waals surface area contributed by atoms with Gasteiger partial charge in [-0.3, -0.25) is 0 Å². The number of fused-ring (bicyclic) bond motifs is 1. The van der Waals surface area contributed by atoms with Gasteiger partial charge in [-0.15, -0.1) is 11.3 Å². The number of hydrogen-bond acceptors (Lipinski definition) is 5. The summed E-state index contributed by atoms with van der Waals surface area (Å²) in [5.74, 6) is 1.06. The van der Waals surface area contributed by atoms with Crippen molar-refractivity contribution in [3.63, 3.8) is 0 Å². The van der Waals surface area contributed by atoms with Crippen LogP contribution in [0.2, 0.25) is 0 Å². The normalized spacial score (nSPS) is 11.7. The molecule has 0 aliphatic carbocycles. The van der Waals surface area contributed by atoms with Gasteiger partial charge >= 0.3 is 0 Å². The van der Waals surface area contributed by atoms with E-state index in [9.17, 15) is 0 Å². The second-order valence-corrected chi connectivity index (χ2v) is 6.60. The first kappa shape index (κ1) is 14.2. The Balaban J connectivity index is 2.38. The molecular weight excluding hydrogens is 256 g/mol. The Kier molecular flexibility index (Phi) is 4.37.